The highest BCUT2D eigenvalue weighted by Gasteiger charge is 2.33. The summed E-state index contributed by atoms with van der Waals surface area (Å²) in [6, 6.07) is 5.14. The summed E-state index contributed by atoms with van der Waals surface area (Å²) >= 11 is 0. The lowest BCUT2D eigenvalue weighted by Crippen LogP contribution is -2.35. The molecule has 0 heterocycles. The first-order valence-corrected chi connectivity index (χ1v) is 8.56. The summed E-state index contributed by atoms with van der Waals surface area (Å²) in [6.07, 6.45) is 3.12. The molecule has 0 amide bonds. The molecule has 1 aliphatic carbocycles. The van der Waals surface area contributed by atoms with E-state index in [9.17, 15) is 4.79 Å². The molecule has 3 unspecified atom stereocenters. The van der Waals surface area contributed by atoms with E-state index in [1.165, 1.54) is 20.6 Å². The Morgan fingerprint density at radius 1 is 1.12 bits per heavy atom. The lowest BCUT2D eigenvalue weighted by molar-refractivity contribution is -0.296. The summed E-state index contributed by atoms with van der Waals surface area (Å²) in [4.78, 5) is 23.3. The molecule has 0 bridgehead atoms. The van der Waals surface area contributed by atoms with Gasteiger partial charge in [0, 0.05) is 0 Å². The topological polar surface area (TPSA) is 54.0 Å². The quantitative estimate of drug-likeness (QED) is 0.574. The van der Waals surface area contributed by atoms with Crippen LogP contribution in [0.3, 0.4) is 0 Å². The number of hydrogen-bond donors (Lipinski definition) is 0. The van der Waals surface area contributed by atoms with Gasteiger partial charge in [-0.05, 0) is 42.7 Å². The maximum Gasteiger partial charge on any atom is 0.380 e. The van der Waals surface area contributed by atoms with E-state index in [4.69, 9.17) is 19.2 Å². The van der Waals surface area contributed by atoms with Crippen molar-refractivity contribution in [2.45, 2.75) is 46.1 Å². The van der Waals surface area contributed by atoms with Gasteiger partial charge in [-0.25, -0.2) is 4.79 Å². The van der Waals surface area contributed by atoms with Crippen molar-refractivity contribution in [3.63, 3.8) is 0 Å². The molecule has 0 aliphatic heterocycles. The third-order valence-corrected chi connectivity index (χ3v) is 4.84. The second-order valence-electron chi connectivity index (χ2n) is 6.87. The molecule has 5 nitrogen and oxygen atoms in total. The Kier molecular flexibility index (Phi) is 6.49. The van der Waals surface area contributed by atoms with E-state index in [-0.39, 0.29) is 11.7 Å². The van der Waals surface area contributed by atoms with Crippen LogP contribution in [0.1, 0.15) is 50.4 Å². The molecule has 5 heteroatoms. The number of benzene rings is 1. The minimum Gasteiger partial charge on any atom is -0.496 e. The second-order valence-corrected chi connectivity index (χ2v) is 6.87. The maximum atomic E-state index is 12.5. The molecule has 3 atom stereocenters. The fraction of sp³-hybridized carbons (Fsp3) is 0.632. The van der Waals surface area contributed by atoms with Gasteiger partial charge in [-0.15, -0.1) is 0 Å². The van der Waals surface area contributed by atoms with Crippen molar-refractivity contribution in [1.29, 1.82) is 0 Å². The summed E-state index contributed by atoms with van der Waals surface area (Å²) in [6.45, 7) is 6.57. The fourth-order valence-electron chi connectivity index (χ4n) is 3.42. The van der Waals surface area contributed by atoms with E-state index >= 15 is 0 Å². The van der Waals surface area contributed by atoms with Gasteiger partial charge >= 0.3 is 5.97 Å². The van der Waals surface area contributed by atoms with Crippen molar-refractivity contribution in [3.05, 3.63) is 23.8 Å². The van der Waals surface area contributed by atoms with Crippen LogP contribution in [0.15, 0.2) is 18.2 Å². The number of hydrogen-bond acceptors (Lipinski definition) is 5. The van der Waals surface area contributed by atoms with Crippen LogP contribution in [0.5, 0.6) is 11.5 Å². The van der Waals surface area contributed by atoms with Gasteiger partial charge in [-0.2, -0.15) is 4.89 Å². The summed E-state index contributed by atoms with van der Waals surface area (Å²) in [5, 5.41) is 0. The van der Waals surface area contributed by atoms with Gasteiger partial charge < -0.3 is 9.47 Å². The zero-order valence-electron chi connectivity index (χ0n) is 15.2. The van der Waals surface area contributed by atoms with Gasteiger partial charge in [0.05, 0.1) is 14.2 Å². The first-order valence-electron chi connectivity index (χ1n) is 8.56. The number of methoxy groups -OCH3 is 2. The Labute approximate surface area is 144 Å². The predicted molar refractivity (Wildman–Crippen MR) is 91.2 cm³/mol. The van der Waals surface area contributed by atoms with Crippen molar-refractivity contribution in [2.75, 3.05) is 14.2 Å². The van der Waals surface area contributed by atoms with E-state index in [2.05, 4.69) is 20.8 Å². The van der Waals surface area contributed by atoms with Crippen molar-refractivity contribution < 1.29 is 24.0 Å². The first-order chi connectivity index (χ1) is 11.5. The first kappa shape index (κ1) is 18.6. The SMILES string of the molecule is COc1cccc(OC)c1C(=O)OOC1CC(C)CCC1C(C)C. The fourth-order valence-corrected chi connectivity index (χ4v) is 3.42. The average molecular weight is 336 g/mol. The highest BCUT2D eigenvalue weighted by Crippen LogP contribution is 2.36. The summed E-state index contributed by atoms with van der Waals surface area (Å²) < 4.78 is 10.5. The van der Waals surface area contributed by atoms with Crippen molar-refractivity contribution >= 4 is 5.97 Å². The number of rotatable bonds is 6. The van der Waals surface area contributed by atoms with Crippen LogP contribution in [-0.4, -0.2) is 26.3 Å². The van der Waals surface area contributed by atoms with Gasteiger partial charge in [-0.1, -0.05) is 33.3 Å². The van der Waals surface area contributed by atoms with Crippen LogP contribution < -0.4 is 9.47 Å². The number of carbonyl (C=O) groups is 1. The number of ether oxygens (including phenoxy) is 2. The lowest BCUT2D eigenvalue weighted by atomic mass is 9.75. The Hall–Kier alpha value is -1.75. The van der Waals surface area contributed by atoms with Crippen molar-refractivity contribution in [2.24, 2.45) is 17.8 Å². The van der Waals surface area contributed by atoms with E-state index in [0.29, 0.717) is 29.3 Å². The Morgan fingerprint density at radius 2 is 1.75 bits per heavy atom. The third kappa shape index (κ3) is 4.20. The minimum absolute atomic E-state index is 0.0709. The molecule has 0 N–H and O–H groups in total. The summed E-state index contributed by atoms with van der Waals surface area (Å²) in [7, 11) is 3.01. The molecule has 1 aliphatic rings. The van der Waals surface area contributed by atoms with Gasteiger partial charge in [0.25, 0.3) is 0 Å². The molecular weight excluding hydrogens is 308 g/mol. The Morgan fingerprint density at radius 3 is 2.29 bits per heavy atom. The molecule has 0 saturated heterocycles. The Bertz CT molecular complexity index is 532. The molecule has 24 heavy (non-hydrogen) atoms. The van der Waals surface area contributed by atoms with Gasteiger partial charge in [0.2, 0.25) is 0 Å². The molecule has 2 rings (SSSR count). The largest absolute Gasteiger partial charge is 0.496 e. The standard InChI is InChI=1S/C19H28O5/c1-12(2)14-10-9-13(3)11-17(14)23-24-19(20)18-15(21-4)7-6-8-16(18)22-5/h6-8,12-14,17H,9-11H2,1-5H3. The maximum absolute atomic E-state index is 12.5. The zero-order chi connectivity index (χ0) is 17.7. The third-order valence-electron chi connectivity index (χ3n) is 4.84. The minimum atomic E-state index is -0.593. The normalized spacial score (nSPS) is 23.8. The molecule has 0 radical (unpaired) electrons. The molecular formula is C19H28O5. The lowest BCUT2D eigenvalue weighted by Gasteiger charge is -2.35. The predicted octanol–water partition coefficient (Wildman–Crippen LogP) is 4.25. The van der Waals surface area contributed by atoms with E-state index in [1.54, 1.807) is 18.2 Å². The molecule has 134 valence electrons. The average Bonchev–Trinajstić information content (AvgIpc) is 2.58. The van der Waals surface area contributed by atoms with Crippen LogP contribution in [-0.2, 0) is 9.78 Å². The van der Waals surface area contributed by atoms with E-state index in [1.807, 2.05) is 0 Å². The van der Waals surface area contributed by atoms with Crippen molar-refractivity contribution in [1.82, 2.24) is 0 Å². The van der Waals surface area contributed by atoms with Crippen LogP contribution in [0.4, 0.5) is 0 Å². The van der Waals surface area contributed by atoms with Crippen LogP contribution >= 0.6 is 0 Å². The van der Waals surface area contributed by atoms with E-state index in [0.717, 1.165) is 12.8 Å². The Balaban J connectivity index is 2.09. The molecule has 1 fully saturated rings. The highest BCUT2D eigenvalue weighted by molar-refractivity contribution is 5.95. The smallest absolute Gasteiger partial charge is 0.380 e. The molecule has 1 saturated carbocycles. The van der Waals surface area contributed by atoms with E-state index < -0.39 is 5.97 Å². The van der Waals surface area contributed by atoms with Gasteiger partial charge in [0.1, 0.15) is 23.2 Å². The van der Waals surface area contributed by atoms with Gasteiger partial charge in [0.15, 0.2) is 0 Å². The molecule has 1 aromatic rings. The highest BCUT2D eigenvalue weighted by atomic mass is 17.2. The molecule has 1 aromatic carbocycles. The number of carbonyl (C=O) groups excluding carboxylic acids is 1. The summed E-state index contributed by atoms with van der Waals surface area (Å²) in [5.74, 6) is 1.67. The zero-order valence-corrected chi connectivity index (χ0v) is 15.2. The summed E-state index contributed by atoms with van der Waals surface area (Å²) in [5.41, 5.74) is 0.243. The molecule has 0 spiro atoms. The monoisotopic (exact) mass is 336 g/mol. The van der Waals surface area contributed by atoms with Gasteiger partial charge in [-0.3, -0.25) is 4.89 Å². The van der Waals surface area contributed by atoms with Crippen molar-refractivity contribution in [3.8, 4) is 11.5 Å². The van der Waals surface area contributed by atoms with Crippen LogP contribution in [0.2, 0.25) is 0 Å². The van der Waals surface area contributed by atoms with Crippen LogP contribution in [0, 0.1) is 17.8 Å². The second kappa shape index (κ2) is 8.38. The molecule has 0 aromatic heterocycles. The van der Waals surface area contributed by atoms with Crippen LogP contribution in [0.25, 0.3) is 0 Å².